The van der Waals surface area contributed by atoms with Crippen molar-refractivity contribution in [3.05, 3.63) is 52.8 Å². The molecule has 0 radical (unpaired) electrons. The van der Waals surface area contributed by atoms with Crippen LogP contribution in [0.5, 0.6) is 0 Å². The maximum atomic E-state index is 12.5. The third-order valence-corrected chi connectivity index (χ3v) is 5.00. The van der Waals surface area contributed by atoms with Gasteiger partial charge in [0.25, 0.3) is 5.56 Å². The Balaban J connectivity index is 1.55. The fraction of sp³-hybridized carbons (Fsp3) is 0.429. The number of likely N-dealkylation sites (tertiary alicyclic amines) is 1. The zero-order chi connectivity index (χ0) is 20.6. The predicted molar refractivity (Wildman–Crippen MR) is 108 cm³/mol. The van der Waals surface area contributed by atoms with E-state index in [9.17, 15) is 14.4 Å². The molecule has 1 fully saturated rings. The molecule has 2 amide bonds. The highest BCUT2D eigenvalue weighted by Crippen LogP contribution is 2.17. The number of rotatable bonds is 8. The predicted octanol–water partition coefficient (Wildman–Crippen LogP) is 0.912. The van der Waals surface area contributed by atoms with Crippen LogP contribution >= 0.6 is 0 Å². The second-order valence-corrected chi connectivity index (χ2v) is 7.01. The smallest absolute Gasteiger partial charge is 0.266 e. The lowest BCUT2D eigenvalue weighted by Crippen LogP contribution is -2.47. The van der Waals surface area contributed by atoms with E-state index in [-0.39, 0.29) is 29.8 Å². The number of methoxy groups -OCH3 is 1. The fourth-order valence-corrected chi connectivity index (χ4v) is 3.35. The Labute approximate surface area is 169 Å². The van der Waals surface area contributed by atoms with Crippen molar-refractivity contribution in [1.29, 1.82) is 0 Å². The Bertz CT molecular complexity index is 897. The van der Waals surface area contributed by atoms with Crippen molar-refractivity contribution in [1.82, 2.24) is 20.0 Å². The highest BCUT2D eigenvalue weighted by atomic mass is 16.5. The van der Waals surface area contributed by atoms with Crippen LogP contribution in [0.1, 0.15) is 12.8 Å². The first-order valence-corrected chi connectivity index (χ1v) is 9.76. The van der Waals surface area contributed by atoms with E-state index >= 15 is 0 Å². The maximum Gasteiger partial charge on any atom is 0.266 e. The molecule has 1 atom stereocenters. The molecule has 2 aromatic rings. The number of amides is 2. The van der Waals surface area contributed by atoms with E-state index in [0.29, 0.717) is 44.8 Å². The highest BCUT2D eigenvalue weighted by molar-refractivity contribution is 5.83. The second-order valence-electron chi connectivity index (χ2n) is 7.01. The van der Waals surface area contributed by atoms with Crippen LogP contribution in [0.4, 0.5) is 0 Å². The van der Waals surface area contributed by atoms with Gasteiger partial charge in [0.05, 0.1) is 24.8 Å². The largest absolute Gasteiger partial charge is 0.383 e. The molecule has 29 heavy (non-hydrogen) atoms. The summed E-state index contributed by atoms with van der Waals surface area (Å²) < 4.78 is 6.38. The average molecular weight is 398 g/mol. The van der Waals surface area contributed by atoms with Crippen molar-refractivity contribution in [3.8, 4) is 11.3 Å². The van der Waals surface area contributed by atoms with Crippen LogP contribution < -0.4 is 10.9 Å². The minimum absolute atomic E-state index is 0.0552. The third kappa shape index (κ3) is 5.51. The molecule has 8 nitrogen and oxygen atoms in total. The molecule has 3 rings (SSSR count). The summed E-state index contributed by atoms with van der Waals surface area (Å²) in [7, 11) is 1.58. The van der Waals surface area contributed by atoms with Gasteiger partial charge >= 0.3 is 0 Å². The van der Waals surface area contributed by atoms with Crippen LogP contribution in [0, 0.1) is 5.92 Å². The first-order valence-electron chi connectivity index (χ1n) is 9.76. The van der Waals surface area contributed by atoms with Crippen molar-refractivity contribution in [2.45, 2.75) is 19.4 Å². The average Bonchev–Trinajstić information content (AvgIpc) is 2.75. The molecule has 0 spiro atoms. The van der Waals surface area contributed by atoms with Gasteiger partial charge in [-0.1, -0.05) is 30.3 Å². The summed E-state index contributed by atoms with van der Waals surface area (Å²) >= 11 is 0. The Morgan fingerprint density at radius 2 is 1.97 bits per heavy atom. The number of piperidine rings is 1. The Morgan fingerprint density at radius 3 is 2.72 bits per heavy atom. The third-order valence-electron chi connectivity index (χ3n) is 5.00. The van der Waals surface area contributed by atoms with Crippen LogP contribution in [-0.4, -0.2) is 59.8 Å². The van der Waals surface area contributed by atoms with Gasteiger partial charge in [-0.15, -0.1) is 0 Å². The van der Waals surface area contributed by atoms with Crippen LogP contribution in [-0.2, 0) is 20.9 Å². The van der Waals surface area contributed by atoms with E-state index in [1.165, 1.54) is 10.7 Å². The van der Waals surface area contributed by atoms with Gasteiger partial charge in [0, 0.05) is 44.8 Å². The monoisotopic (exact) mass is 398 g/mol. The minimum Gasteiger partial charge on any atom is -0.383 e. The molecule has 1 aliphatic rings. The van der Waals surface area contributed by atoms with Crippen molar-refractivity contribution in [2.75, 3.05) is 33.4 Å². The van der Waals surface area contributed by atoms with Crippen molar-refractivity contribution in [3.63, 3.8) is 0 Å². The van der Waals surface area contributed by atoms with Crippen LogP contribution in [0.2, 0.25) is 0 Å². The molecular weight excluding hydrogens is 372 g/mol. The molecule has 1 aromatic heterocycles. The lowest BCUT2D eigenvalue weighted by Gasteiger charge is -2.31. The molecule has 1 N–H and O–H groups in total. The number of nitrogens with one attached hydrogen (secondary N) is 1. The van der Waals surface area contributed by atoms with Crippen LogP contribution in [0.25, 0.3) is 11.3 Å². The molecule has 0 aliphatic carbocycles. The number of carbonyl (C=O) groups excluding carboxylic acids is 2. The van der Waals surface area contributed by atoms with Gasteiger partial charge in [-0.2, -0.15) is 5.10 Å². The topological polar surface area (TPSA) is 93.5 Å². The number of hydrogen-bond donors (Lipinski definition) is 1. The molecule has 1 aromatic carbocycles. The molecular formula is C21H26N4O4. The number of nitrogens with zero attached hydrogens (tertiary/aromatic N) is 3. The molecule has 1 saturated heterocycles. The number of carbonyl (C=O) groups is 2. The molecule has 0 saturated carbocycles. The number of aromatic nitrogens is 2. The van der Waals surface area contributed by atoms with Crippen molar-refractivity contribution >= 4 is 11.8 Å². The minimum atomic E-state index is -0.245. The summed E-state index contributed by atoms with van der Waals surface area (Å²) in [6.45, 7) is 1.92. The molecule has 1 unspecified atom stereocenters. The Morgan fingerprint density at radius 1 is 1.17 bits per heavy atom. The van der Waals surface area contributed by atoms with Gasteiger partial charge in [-0.3, -0.25) is 14.4 Å². The maximum absolute atomic E-state index is 12.5. The summed E-state index contributed by atoms with van der Waals surface area (Å²) in [5, 5.41) is 7.26. The standard InChI is InChI=1S/C21H26N4O4/c1-29-14-13-24-15-17(7-9-19(24)26)21(28)22-11-12-25-20(27)10-8-18(23-25)16-5-3-2-4-6-16/h2-6,8,10,17H,7,9,11-15H2,1H3,(H,22,28). The Kier molecular flexibility index (Phi) is 7.13. The molecule has 2 heterocycles. The SMILES string of the molecule is COCCN1CC(C(=O)NCCn2nc(-c3ccccc3)ccc2=O)CCC1=O. The van der Waals surface area contributed by atoms with E-state index in [4.69, 9.17) is 4.74 Å². The Hall–Kier alpha value is -3.00. The lowest BCUT2D eigenvalue weighted by atomic mass is 9.96. The summed E-state index contributed by atoms with van der Waals surface area (Å²) in [5.74, 6) is -0.295. The van der Waals surface area contributed by atoms with E-state index in [2.05, 4.69) is 10.4 Å². The first kappa shape index (κ1) is 20.7. The van der Waals surface area contributed by atoms with E-state index in [1.54, 1.807) is 18.1 Å². The summed E-state index contributed by atoms with van der Waals surface area (Å²) in [6, 6.07) is 12.8. The summed E-state index contributed by atoms with van der Waals surface area (Å²) in [4.78, 5) is 38.2. The van der Waals surface area contributed by atoms with Crippen LogP contribution in [0.15, 0.2) is 47.3 Å². The van der Waals surface area contributed by atoms with E-state index < -0.39 is 0 Å². The molecule has 1 aliphatic heterocycles. The van der Waals surface area contributed by atoms with Gasteiger partial charge in [0.15, 0.2) is 0 Å². The van der Waals surface area contributed by atoms with Crippen molar-refractivity contribution in [2.24, 2.45) is 5.92 Å². The molecule has 8 heteroatoms. The quantitative estimate of drug-likeness (QED) is 0.714. The first-order chi connectivity index (χ1) is 14.1. The summed E-state index contributed by atoms with van der Waals surface area (Å²) in [6.07, 6.45) is 0.901. The lowest BCUT2D eigenvalue weighted by molar-refractivity contribution is -0.138. The van der Waals surface area contributed by atoms with Gasteiger partial charge in [-0.05, 0) is 12.5 Å². The van der Waals surface area contributed by atoms with Gasteiger partial charge < -0.3 is 15.0 Å². The number of benzene rings is 1. The van der Waals surface area contributed by atoms with Crippen molar-refractivity contribution < 1.29 is 14.3 Å². The van der Waals surface area contributed by atoms with Crippen LogP contribution in [0.3, 0.4) is 0 Å². The van der Waals surface area contributed by atoms with Gasteiger partial charge in [-0.25, -0.2) is 4.68 Å². The van der Waals surface area contributed by atoms with E-state index in [0.717, 1.165) is 5.56 Å². The normalized spacial score (nSPS) is 16.7. The zero-order valence-corrected chi connectivity index (χ0v) is 16.5. The molecule has 154 valence electrons. The van der Waals surface area contributed by atoms with Gasteiger partial charge in [0.1, 0.15) is 0 Å². The summed E-state index contributed by atoms with van der Waals surface area (Å²) in [5.41, 5.74) is 1.41. The zero-order valence-electron chi connectivity index (χ0n) is 16.5. The number of ether oxygens (including phenoxy) is 1. The van der Waals surface area contributed by atoms with Gasteiger partial charge in [0.2, 0.25) is 11.8 Å². The fourth-order valence-electron chi connectivity index (χ4n) is 3.35. The molecule has 0 bridgehead atoms. The second kappa shape index (κ2) is 9.97. The van der Waals surface area contributed by atoms with E-state index in [1.807, 2.05) is 30.3 Å². The highest BCUT2D eigenvalue weighted by Gasteiger charge is 2.29. The number of hydrogen-bond acceptors (Lipinski definition) is 5.